The lowest BCUT2D eigenvalue weighted by Crippen LogP contribution is -2.23. The molecule has 0 bridgehead atoms. The van der Waals surface area contributed by atoms with Gasteiger partial charge in [0, 0.05) is 6.20 Å². The third-order valence-electron chi connectivity index (χ3n) is 2.33. The number of sulfonamides is 1. The van der Waals surface area contributed by atoms with Gasteiger partial charge in [0.2, 0.25) is 10.0 Å². The van der Waals surface area contributed by atoms with E-state index in [0.29, 0.717) is 17.0 Å². The second-order valence-corrected chi connectivity index (χ2v) is 6.98. The number of hydrogen-bond donors (Lipinski definition) is 2. The maximum absolute atomic E-state index is 12.0. The van der Waals surface area contributed by atoms with Gasteiger partial charge in [0.05, 0.1) is 24.1 Å². The Hall–Kier alpha value is -1.84. The summed E-state index contributed by atoms with van der Waals surface area (Å²) in [7, 11) is -3.74. The molecule has 2 aromatic heterocycles. The van der Waals surface area contributed by atoms with Crippen molar-refractivity contribution in [1.82, 2.24) is 14.7 Å². The van der Waals surface area contributed by atoms with Crippen molar-refractivity contribution in [2.24, 2.45) is 0 Å². The van der Waals surface area contributed by atoms with Gasteiger partial charge < -0.3 is 5.11 Å². The van der Waals surface area contributed by atoms with E-state index in [1.54, 1.807) is 6.92 Å². The maximum atomic E-state index is 12.0. The zero-order chi connectivity index (χ0) is 14.8. The van der Waals surface area contributed by atoms with Crippen LogP contribution in [-0.4, -0.2) is 29.5 Å². The maximum Gasteiger partial charge on any atom is 0.345 e. The van der Waals surface area contributed by atoms with Gasteiger partial charge in [0.1, 0.15) is 9.09 Å². The first-order valence-electron chi connectivity index (χ1n) is 5.49. The highest BCUT2D eigenvalue weighted by Gasteiger charge is 2.18. The van der Waals surface area contributed by atoms with Crippen LogP contribution in [0.1, 0.15) is 21.1 Å². The van der Waals surface area contributed by atoms with Crippen LogP contribution in [0.3, 0.4) is 0 Å². The summed E-state index contributed by atoms with van der Waals surface area (Å²) in [5.74, 6) is -1.15. The van der Waals surface area contributed by atoms with Crippen molar-refractivity contribution in [3.8, 4) is 0 Å². The largest absolute Gasteiger partial charge is 0.477 e. The summed E-state index contributed by atoms with van der Waals surface area (Å²) in [5, 5.41) is 8.77. The fourth-order valence-electron chi connectivity index (χ4n) is 1.33. The Bertz CT molecular complexity index is 722. The van der Waals surface area contributed by atoms with Gasteiger partial charge in [-0.05, 0) is 19.1 Å². The first kappa shape index (κ1) is 14.6. The van der Waals surface area contributed by atoms with Crippen molar-refractivity contribution >= 4 is 27.3 Å². The molecule has 0 aliphatic heterocycles. The van der Waals surface area contributed by atoms with Gasteiger partial charge in [-0.1, -0.05) is 0 Å². The van der Waals surface area contributed by atoms with Crippen LogP contribution in [0, 0.1) is 6.92 Å². The molecule has 0 spiro atoms. The van der Waals surface area contributed by atoms with Gasteiger partial charge in [0.15, 0.2) is 0 Å². The summed E-state index contributed by atoms with van der Waals surface area (Å²) < 4.78 is 26.2. The standard InChI is InChI=1S/C11H11N3O4S2/c1-7-4-13-8(5-12-7)6-14-20(17,18)10-3-2-9(19-10)11(15)16/h2-5,14H,6H2,1H3,(H,15,16). The lowest BCUT2D eigenvalue weighted by atomic mass is 10.4. The van der Waals surface area contributed by atoms with Crippen LogP contribution in [-0.2, 0) is 16.6 Å². The van der Waals surface area contributed by atoms with Crippen molar-refractivity contribution in [2.75, 3.05) is 0 Å². The van der Waals surface area contributed by atoms with E-state index >= 15 is 0 Å². The number of aromatic nitrogens is 2. The third-order valence-corrected chi connectivity index (χ3v) is 5.30. The second-order valence-electron chi connectivity index (χ2n) is 3.90. The summed E-state index contributed by atoms with van der Waals surface area (Å²) in [6.45, 7) is 1.77. The van der Waals surface area contributed by atoms with E-state index in [2.05, 4.69) is 14.7 Å². The van der Waals surface area contributed by atoms with Gasteiger partial charge in [-0.15, -0.1) is 11.3 Å². The molecule has 2 aromatic rings. The van der Waals surface area contributed by atoms with Crippen molar-refractivity contribution in [3.63, 3.8) is 0 Å². The number of aryl methyl sites for hydroxylation is 1. The van der Waals surface area contributed by atoms with Crippen LogP contribution in [0.2, 0.25) is 0 Å². The second kappa shape index (κ2) is 5.65. The summed E-state index contributed by atoms with van der Waals surface area (Å²) in [6, 6.07) is 2.52. The summed E-state index contributed by atoms with van der Waals surface area (Å²) in [5.41, 5.74) is 1.22. The van der Waals surface area contributed by atoms with Crippen LogP contribution in [0.15, 0.2) is 28.7 Å². The molecule has 0 atom stereocenters. The molecule has 0 aromatic carbocycles. The van der Waals surface area contributed by atoms with Crippen LogP contribution < -0.4 is 4.72 Å². The lowest BCUT2D eigenvalue weighted by molar-refractivity contribution is 0.0702. The molecule has 2 heterocycles. The van der Waals surface area contributed by atoms with E-state index in [0.717, 1.165) is 5.69 Å². The third kappa shape index (κ3) is 3.38. The highest BCUT2D eigenvalue weighted by molar-refractivity contribution is 7.91. The van der Waals surface area contributed by atoms with Crippen molar-refractivity contribution in [2.45, 2.75) is 17.7 Å². The average molecular weight is 313 g/mol. The molecule has 0 unspecified atom stereocenters. The quantitative estimate of drug-likeness (QED) is 0.853. The molecule has 0 amide bonds. The number of carboxylic acid groups (broad SMARTS) is 1. The molecule has 0 radical (unpaired) electrons. The number of carboxylic acids is 1. The summed E-state index contributed by atoms with van der Waals surface area (Å²) >= 11 is 0.699. The predicted molar refractivity (Wildman–Crippen MR) is 72.1 cm³/mol. The Morgan fingerprint density at radius 1 is 1.35 bits per heavy atom. The predicted octanol–water partition coefficient (Wildman–Crippen LogP) is 1.02. The molecule has 2 rings (SSSR count). The zero-order valence-corrected chi connectivity index (χ0v) is 12.0. The zero-order valence-electron chi connectivity index (χ0n) is 10.4. The Morgan fingerprint density at radius 3 is 2.65 bits per heavy atom. The molecule has 9 heteroatoms. The van der Waals surface area contributed by atoms with Gasteiger partial charge in [-0.25, -0.2) is 17.9 Å². The minimum Gasteiger partial charge on any atom is -0.477 e. The molecule has 20 heavy (non-hydrogen) atoms. The van der Waals surface area contributed by atoms with Gasteiger partial charge in [-0.3, -0.25) is 9.97 Å². The van der Waals surface area contributed by atoms with E-state index in [9.17, 15) is 13.2 Å². The first-order chi connectivity index (χ1) is 9.38. The molecule has 106 valence electrons. The van der Waals surface area contributed by atoms with Gasteiger partial charge in [-0.2, -0.15) is 0 Å². The van der Waals surface area contributed by atoms with Crippen LogP contribution in [0.25, 0.3) is 0 Å². The molecule has 0 aliphatic rings. The minimum absolute atomic E-state index is 0.00405. The van der Waals surface area contributed by atoms with Crippen LogP contribution >= 0.6 is 11.3 Å². The number of aromatic carboxylic acids is 1. The average Bonchev–Trinajstić information content (AvgIpc) is 2.89. The Labute approximate surface area is 119 Å². The topological polar surface area (TPSA) is 109 Å². The number of nitrogens with one attached hydrogen (secondary N) is 1. The van der Waals surface area contributed by atoms with E-state index < -0.39 is 16.0 Å². The van der Waals surface area contributed by atoms with E-state index in [1.807, 2.05) is 0 Å². The number of thiophene rings is 1. The molecule has 0 saturated carbocycles. The van der Waals surface area contributed by atoms with Crippen molar-refractivity contribution in [3.05, 3.63) is 40.8 Å². The monoisotopic (exact) mass is 313 g/mol. The van der Waals surface area contributed by atoms with Crippen LogP contribution in [0.5, 0.6) is 0 Å². The highest BCUT2D eigenvalue weighted by atomic mass is 32.2. The molecule has 2 N–H and O–H groups in total. The molecular weight excluding hydrogens is 302 g/mol. The fraction of sp³-hybridized carbons (Fsp3) is 0.182. The SMILES string of the molecule is Cc1cnc(CNS(=O)(=O)c2ccc(C(=O)O)s2)cn1. The first-order valence-corrected chi connectivity index (χ1v) is 7.79. The van der Waals surface area contributed by atoms with E-state index in [4.69, 9.17) is 5.11 Å². The van der Waals surface area contributed by atoms with Gasteiger partial charge in [0.25, 0.3) is 0 Å². The number of carbonyl (C=O) groups is 1. The summed E-state index contributed by atoms with van der Waals surface area (Å²) in [4.78, 5) is 18.7. The Kier molecular flexibility index (Phi) is 4.12. The Balaban J connectivity index is 2.10. The normalized spacial score (nSPS) is 11.4. The van der Waals surface area contributed by atoms with Crippen LogP contribution in [0.4, 0.5) is 0 Å². The molecule has 0 aliphatic carbocycles. The van der Waals surface area contributed by atoms with E-state index in [1.165, 1.54) is 24.5 Å². The number of rotatable bonds is 5. The van der Waals surface area contributed by atoms with Crippen molar-refractivity contribution < 1.29 is 18.3 Å². The van der Waals surface area contributed by atoms with Crippen molar-refractivity contribution in [1.29, 1.82) is 0 Å². The molecule has 0 saturated heterocycles. The molecule has 7 nitrogen and oxygen atoms in total. The Morgan fingerprint density at radius 2 is 2.10 bits per heavy atom. The molecular formula is C11H11N3O4S2. The smallest absolute Gasteiger partial charge is 0.345 e. The molecule has 0 fully saturated rings. The lowest BCUT2D eigenvalue weighted by Gasteiger charge is -2.04. The van der Waals surface area contributed by atoms with E-state index in [-0.39, 0.29) is 15.6 Å². The summed E-state index contributed by atoms with van der Waals surface area (Å²) in [6.07, 6.45) is 3.02. The highest BCUT2D eigenvalue weighted by Crippen LogP contribution is 2.21. The van der Waals surface area contributed by atoms with Gasteiger partial charge >= 0.3 is 5.97 Å². The minimum atomic E-state index is -3.74. The number of hydrogen-bond acceptors (Lipinski definition) is 6. The number of nitrogens with zero attached hydrogens (tertiary/aromatic N) is 2. The fourth-order valence-corrected chi connectivity index (χ4v) is 3.52.